The van der Waals surface area contributed by atoms with Gasteiger partial charge in [-0.15, -0.1) is 0 Å². The Hall–Kier alpha value is -1.06. The fourth-order valence-corrected chi connectivity index (χ4v) is 2.81. The summed E-state index contributed by atoms with van der Waals surface area (Å²) in [6.45, 7) is 4.52. The minimum absolute atomic E-state index is 0.0949. The van der Waals surface area contributed by atoms with Gasteiger partial charge in [-0.1, -0.05) is 6.92 Å². The van der Waals surface area contributed by atoms with Gasteiger partial charge in [0.1, 0.15) is 0 Å². The van der Waals surface area contributed by atoms with Crippen molar-refractivity contribution in [2.75, 3.05) is 6.54 Å². The highest BCUT2D eigenvalue weighted by Gasteiger charge is 2.32. The third-order valence-electron chi connectivity index (χ3n) is 3.82. The molecule has 4 heteroatoms. The molecule has 0 heterocycles. The van der Waals surface area contributed by atoms with Gasteiger partial charge in [-0.25, -0.2) is 0 Å². The molecule has 1 atom stereocenters. The zero-order chi connectivity index (χ0) is 12.8. The van der Waals surface area contributed by atoms with Crippen molar-refractivity contribution < 1.29 is 14.7 Å². The van der Waals surface area contributed by atoms with Crippen LogP contribution in [0.3, 0.4) is 0 Å². The van der Waals surface area contributed by atoms with E-state index in [4.69, 9.17) is 5.11 Å². The molecule has 0 aromatic carbocycles. The van der Waals surface area contributed by atoms with Crippen LogP contribution in [0, 0.1) is 17.8 Å². The highest BCUT2D eigenvalue weighted by Crippen LogP contribution is 2.35. The molecule has 1 aliphatic carbocycles. The average Bonchev–Trinajstić information content (AvgIpc) is 2.30. The second kappa shape index (κ2) is 6.62. The van der Waals surface area contributed by atoms with E-state index in [9.17, 15) is 9.59 Å². The first-order valence-corrected chi connectivity index (χ1v) is 6.60. The standard InChI is InChI=1S/C13H23NO3/c1-3-11(13(16)17)9-5-7-10(8-6-9)12(15)14-4-2/h9-11H,3-8H2,1-2H3,(H,14,15)(H,16,17). The largest absolute Gasteiger partial charge is 0.481 e. The van der Waals surface area contributed by atoms with Gasteiger partial charge in [-0.2, -0.15) is 0 Å². The highest BCUT2D eigenvalue weighted by atomic mass is 16.4. The molecule has 17 heavy (non-hydrogen) atoms. The molecule has 0 radical (unpaired) electrons. The molecule has 0 spiro atoms. The van der Waals surface area contributed by atoms with Crippen LogP contribution in [0.2, 0.25) is 0 Å². The van der Waals surface area contributed by atoms with E-state index in [2.05, 4.69) is 5.32 Å². The van der Waals surface area contributed by atoms with Gasteiger partial charge in [-0.05, 0) is 44.9 Å². The molecule has 0 bridgehead atoms. The van der Waals surface area contributed by atoms with E-state index in [1.165, 1.54) is 0 Å². The lowest BCUT2D eigenvalue weighted by Gasteiger charge is -2.30. The summed E-state index contributed by atoms with van der Waals surface area (Å²) in [7, 11) is 0. The van der Waals surface area contributed by atoms with Crippen LogP contribution in [0.15, 0.2) is 0 Å². The number of hydrogen-bond donors (Lipinski definition) is 2. The molecule has 4 nitrogen and oxygen atoms in total. The van der Waals surface area contributed by atoms with Crippen molar-refractivity contribution in [3.05, 3.63) is 0 Å². The van der Waals surface area contributed by atoms with Crippen molar-refractivity contribution in [2.45, 2.75) is 46.0 Å². The lowest BCUT2D eigenvalue weighted by Crippen LogP contribution is -2.35. The zero-order valence-corrected chi connectivity index (χ0v) is 10.7. The van der Waals surface area contributed by atoms with Crippen molar-refractivity contribution in [1.82, 2.24) is 5.32 Å². The van der Waals surface area contributed by atoms with Gasteiger partial charge < -0.3 is 10.4 Å². The lowest BCUT2D eigenvalue weighted by molar-refractivity contribution is -0.144. The zero-order valence-electron chi connectivity index (χ0n) is 10.7. The van der Waals surface area contributed by atoms with Gasteiger partial charge in [0.15, 0.2) is 0 Å². The number of nitrogens with one attached hydrogen (secondary N) is 1. The minimum atomic E-state index is -0.686. The lowest BCUT2D eigenvalue weighted by atomic mass is 9.74. The molecule has 0 saturated heterocycles. The van der Waals surface area contributed by atoms with E-state index in [1.54, 1.807) is 0 Å². The number of rotatable bonds is 5. The predicted molar refractivity (Wildman–Crippen MR) is 65.5 cm³/mol. The van der Waals surface area contributed by atoms with Gasteiger partial charge in [0.05, 0.1) is 5.92 Å². The van der Waals surface area contributed by atoms with Crippen LogP contribution in [-0.2, 0) is 9.59 Å². The van der Waals surface area contributed by atoms with E-state index in [0.717, 1.165) is 25.7 Å². The molecular weight excluding hydrogens is 218 g/mol. The SMILES string of the molecule is CCNC(=O)C1CCC(C(CC)C(=O)O)CC1. The minimum Gasteiger partial charge on any atom is -0.481 e. The molecule has 0 aromatic rings. The topological polar surface area (TPSA) is 66.4 Å². The first-order chi connectivity index (χ1) is 8.10. The summed E-state index contributed by atoms with van der Waals surface area (Å²) >= 11 is 0. The molecule has 1 fully saturated rings. The second-order valence-corrected chi connectivity index (χ2v) is 4.86. The molecule has 2 N–H and O–H groups in total. The Labute approximate surface area is 103 Å². The summed E-state index contributed by atoms with van der Waals surface area (Å²) in [5.74, 6) is -0.436. The van der Waals surface area contributed by atoms with Crippen LogP contribution in [0.25, 0.3) is 0 Å². The molecule has 1 rings (SSSR count). The van der Waals surface area contributed by atoms with Crippen LogP contribution >= 0.6 is 0 Å². The summed E-state index contributed by atoms with van der Waals surface area (Å²) in [6.07, 6.45) is 4.09. The first kappa shape index (κ1) is 14.0. The maximum Gasteiger partial charge on any atom is 0.306 e. The summed E-state index contributed by atoms with van der Waals surface area (Å²) in [5, 5.41) is 11.9. The Morgan fingerprint density at radius 1 is 1.24 bits per heavy atom. The Morgan fingerprint density at radius 3 is 2.24 bits per heavy atom. The molecule has 0 aromatic heterocycles. The number of carboxylic acids is 1. The normalized spacial score (nSPS) is 26.2. The number of aliphatic carboxylic acids is 1. The van der Waals surface area contributed by atoms with Crippen molar-refractivity contribution in [2.24, 2.45) is 17.8 Å². The summed E-state index contributed by atoms with van der Waals surface area (Å²) in [5.41, 5.74) is 0. The Morgan fingerprint density at radius 2 is 1.82 bits per heavy atom. The Kier molecular flexibility index (Phi) is 5.45. The molecule has 98 valence electrons. The fourth-order valence-electron chi connectivity index (χ4n) is 2.81. The number of amides is 1. The highest BCUT2D eigenvalue weighted by molar-refractivity contribution is 5.78. The van der Waals surface area contributed by atoms with E-state index >= 15 is 0 Å². The van der Waals surface area contributed by atoms with Crippen molar-refractivity contribution in [3.63, 3.8) is 0 Å². The maximum absolute atomic E-state index is 11.7. The van der Waals surface area contributed by atoms with E-state index < -0.39 is 5.97 Å². The fraction of sp³-hybridized carbons (Fsp3) is 0.846. The van der Waals surface area contributed by atoms with E-state index in [0.29, 0.717) is 13.0 Å². The van der Waals surface area contributed by atoms with Crippen LogP contribution in [-0.4, -0.2) is 23.5 Å². The van der Waals surface area contributed by atoms with Gasteiger partial charge in [-0.3, -0.25) is 9.59 Å². The van der Waals surface area contributed by atoms with Gasteiger partial charge in [0.25, 0.3) is 0 Å². The van der Waals surface area contributed by atoms with Gasteiger partial charge >= 0.3 is 5.97 Å². The number of carbonyl (C=O) groups excluding carboxylic acids is 1. The van der Waals surface area contributed by atoms with E-state index in [1.807, 2.05) is 13.8 Å². The van der Waals surface area contributed by atoms with Crippen LogP contribution in [0.4, 0.5) is 0 Å². The smallest absolute Gasteiger partial charge is 0.306 e. The maximum atomic E-state index is 11.7. The molecule has 1 amide bonds. The molecule has 1 saturated carbocycles. The van der Waals surface area contributed by atoms with Gasteiger partial charge in [0.2, 0.25) is 5.91 Å². The summed E-state index contributed by atoms with van der Waals surface area (Å²) in [6, 6.07) is 0. The van der Waals surface area contributed by atoms with Crippen LogP contribution in [0.1, 0.15) is 46.0 Å². The van der Waals surface area contributed by atoms with Crippen molar-refractivity contribution >= 4 is 11.9 Å². The summed E-state index contributed by atoms with van der Waals surface area (Å²) < 4.78 is 0. The van der Waals surface area contributed by atoms with Gasteiger partial charge in [0, 0.05) is 12.5 Å². The number of carbonyl (C=O) groups is 2. The molecule has 1 aliphatic rings. The first-order valence-electron chi connectivity index (χ1n) is 6.60. The quantitative estimate of drug-likeness (QED) is 0.774. The third-order valence-corrected chi connectivity index (χ3v) is 3.82. The molecule has 1 unspecified atom stereocenters. The molecule has 0 aliphatic heterocycles. The number of carboxylic acid groups (broad SMARTS) is 1. The van der Waals surface area contributed by atoms with Crippen molar-refractivity contribution in [3.8, 4) is 0 Å². The average molecular weight is 241 g/mol. The second-order valence-electron chi connectivity index (χ2n) is 4.86. The number of hydrogen-bond acceptors (Lipinski definition) is 2. The summed E-state index contributed by atoms with van der Waals surface area (Å²) in [4.78, 5) is 22.7. The Balaban J connectivity index is 2.44. The predicted octanol–water partition coefficient (Wildman–Crippen LogP) is 2.04. The monoisotopic (exact) mass is 241 g/mol. The van der Waals surface area contributed by atoms with Crippen molar-refractivity contribution in [1.29, 1.82) is 0 Å². The van der Waals surface area contributed by atoms with Crippen LogP contribution < -0.4 is 5.32 Å². The van der Waals surface area contributed by atoms with E-state index in [-0.39, 0.29) is 23.7 Å². The third kappa shape index (κ3) is 3.72. The molecular formula is C13H23NO3. The van der Waals surface area contributed by atoms with Crippen LogP contribution in [0.5, 0.6) is 0 Å². The Bertz CT molecular complexity index is 270.